The lowest BCUT2D eigenvalue weighted by Gasteiger charge is -2.22. The van der Waals surface area contributed by atoms with Crippen molar-refractivity contribution in [2.45, 2.75) is 13.5 Å². The third-order valence-corrected chi connectivity index (χ3v) is 2.87. The number of rotatable bonds is 5. The smallest absolute Gasteiger partial charge is 0.237 e. The van der Waals surface area contributed by atoms with Crippen LogP contribution in [0, 0.1) is 6.92 Å². The molecule has 104 valence electrons. The number of primary amides is 1. The zero-order valence-corrected chi connectivity index (χ0v) is 11.3. The standard InChI is InChI=1S/C14H17N5O/c1-10-6-14(18-17-7-10)19(9-13(16)20)8-11-4-2-3-5-12(11)15/h2-7H,8-9,15H2,1H3,(H2,16,20). The lowest BCUT2D eigenvalue weighted by molar-refractivity contribution is -0.116. The highest BCUT2D eigenvalue weighted by Gasteiger charge is 2.13. The van der Waals surface area contributed by atoms with Gasteiger partial charge in [0, 0.05) is 12.2 Å². The largest absolute Gasteiger partial charge is 0.398 e. The molecule has 0 radical (unpaired) electrons. The highest BCUT2D eigenvalue weighted by Crippen LogP contribution is 2.18. The first kappa shape index (κ1) is 13.8. The summed E-state index contributed by atoms with van der Waals surface area (Å²) in [5, 5.41) is 7.95. The minimum absolute atomic E-state index is 0.0620. The summed E-state index contributed by atoms with van der Waals surface area (Å²) in [7, 11) is 0. The second kappa shape index (κ2) is 6.01. The van der Waals surface area contributed by atoms with Crippen LogP contribution in [0.1, 0.15) is 11.1 Å². The van der Waals surface area contributed by atoms with Gasteiger partial charge in [-0.1, -0.05) is 18.2 Å². The average molecular weight is 271 g/mol. The van der Waals surface area contributed by atoms with Gasteiger partial charge in [-0.2, -0.15) is 5.10 Å². The number of nitrogens with zero attached hydrogens (tertiary/aromatic N) is 3. The van der Waals surface area contributed by atoms with Crippen LogP contribution >= 0.6 is 0 Å². The molecule has 4 N–H and O–H groups in total. The van der Waals surface area contributed by atoms with Crippen LogP contribution in [0.15, 0.2) is 36.5 Å². The summed E-state index contributed by atoms with van der Waals surface area (Å²) in [5.41, 5.74) is 13.8. The van der Waals surface area contributed by atoms with Crippen LogP contribution in [-0.2, 0) is 11.3 Å². The number of nitrogens with two attached hydrogens (primary N) is 2. The number of carbonyl (C=O) groups is 1. The van der Waals surface area contributed by atoms with E-state index in [1.165, 1.54) is 0 Å². The van der Waals surface area contributed by atoms with E-state index in [1.807, 2.05) is 37.3 Å². The van der Waals surface area contributed by atoms with Crippen molar-refractivity contribution in [3.63, 3.8) is 0 Å². The van der Waals surface area contributed by atoms with E-state index in [1.54, 1.807) is 11.1 Å². The van der Waals surface area contributed by atoms with Crippen molar-refractivity contribution in [3.8, 4) is 0 Å². The molecule has 20 heavy (non-hydrogen) atoms. The van der Waals surface area contributed by atoms with Crippen molar-refractivity contribution in [1.82, 2.24) is 10.2 Å². The van der Waals surface area contributed by atoms with E-state index in [2.05, 4.69) is 10.2 Å². The van der Waals surface area contributed by atoms with Crippen LogP contribution in [0.4, 0.5) is 11.5 Å². The van der Waals surface area contributed by atoms with Gasteiger partial charge >= 0.3 is 0 Å². The first-order chi connectivity index (χ1) is 9.56. The van der Waals surface area contributed by atoms with Gasteiger partial charge in [0.1, 0.15) is 0 Å². The molecule has 0 spiro atoms. The fraction of sp³-hybridized carbons (Fsp3) is 0.214. The molecule has 0 saturated carbocycles. The zero-order valence-electron chi connectivity index (χ0n) is 11.3. The number of hydrogen-bond donors (Lipinski definition) is 2. The van der Waals surface area contributed by atoms with Gasteiger partial charge in [0.15, 0.2) is 5.82 Å². The Kier molecular flexibility index (Phi) is 4.14. The van der Waals surface area contributed by atoms with Crippen LogP contribution in [-0.4, -0.2) is 22.6 Å². The van der Waals surface area contributed by atoms with Crippen LogP contribution in [0.25, 0.3) is 0 Å². The maximum atomic E-state index is 11.2. The third kappa shape index (κ3) is 3.44. The number of hydrogen-bond acceptors (Lipinski definition) is 5. The molecular formula is C14H17N5O. The molecule has 0 aliphatic heterocycles. The summed E-state index contributed by atoms with van der Waals surface area (Å²) in [5.74, 6) is 0.176. The molecule has 1 aromatic carbocycles. The SMILES string of the molecule is Cc1cnnc(N(CC(N)=O)Cc2ccccc2N)c1. The van der Waals surface area contributed by atoms with E-state index in [4.69, 9.17) is 11.5 Å². The summed E-state index contributed by atoms with van der Waals surface area (Å²) < 4.78 is 0. The number of carbonyl (C=O) groups excluding carboxylic acids is 1. The van der Waals surface area contributed by atoms with Crippen LogP contribution in [0.3, 0.4) is 0 Å². The van der Waals surface area contributed by atoms with Crippen molar-refractivity contribution in [3.05, 3.63) is 47.7 Å². The maximum absolute atomic E-state index is 11.2. The summed E-state index contributed by atoms with van der Waals surface area (Å²) in [4.78, 5) is 13.0. The van der Waals surface area contributed by atoms with Crippen molar-refractivity contribution in [1.29, 1.82) is 0 Å². The quantitative estimate of drug-likeness (QED) is 0.786. The molecular weight excluding hydrogens is 254 g/mol. The monoisotopic (exact) mass is 271 g/mol. The molecule has 2 rings (SSSR count). The molecule has 0 saturated heterocycles. The van der Waals surface area contributed by atoms with Gasteiger partial charge in [-0.15, -0.1) is 5.10 Å². The molecule has 0 unspecified atom stereocenters. The Morgan fingerprint density at radius 2 is 2.10 bits per heavy atom. The Bertz CT molecular complexity index is 614. The van der Waals surface area contributed by atoms with Gasteiger partial charge in [0.25, 0.3) is 0 Å². The molecule has 6 nitrogen and oxygen atoms in total. The van der Waals surface area contributed by atoms with Gasteiger partial charge in [-0.25, -0.2) is 0 Å². The van der Waals surface area contributed by atoms with E-state index in [0.29, 0.717) is 18.1 Å². The minimum Gasteiger partial charge on any atom is -0.398 e. The second-order valence-electron chi connectivity index (χ2n) is 4.61. The van der Waals surface area contributed by atoms with Gasteiger partial charge in [0.2, 0.25) is 5.91 Å². The number of anilines is 2. The first-order valence-electron chi connectivity index (χ1n) is 6.22. The van der Waals surface area contributed by atoms with Crippen LogP contribution in [0.5, 0.6) is 0 Å². The first-order valence-corrected chi connectivity index (χ1v) is 6.22. The van der Waals surface area contributed by atoms with Gasteiger partial charge in [-0.05, 0) is 30.2 Å². The van der Waals surface area contributed by atoms with Gasteiger partial charge in [-0.3, -0.25) is 4.79 Å². The van der Waals surface area contributed by atoms with Crippen molar-refractivity contribution in [2.24, 2.45) is 5.73 Å². The zero-order chi connectivity index (χ0) is 14.5. The summed E-state index contributed by atoms with van der Waals surface area (Å²) >= 11 is 0. The molecule has 1 heterocycles. The molecule has 2 aromatic rings. The number of benzene rings is 1. The second-order valence-corrected chi connectivity index (χ2v) is 4.61. The van der Waals surface area contributed by atoms with E-state index < -0.39 is 5.91 Å². The summed E-state index contributed by atoms with van der Waals surface area (Å²) in [6.45, 7) is 2.43. The minimum atomic E-state index is -0.428. The summed E-state index contributed by atoms with van der Waals surface area (Å²) in [6, 6.07) is 9.35. The molecule has 6 heteroatoms. The average Bonchev–Trinajstić information content (AvgIpc) is 2.40. The molecule has 1 amide bonds. The number of amides is 1. The summed E-state index contributed by atoms with van der Waals surface area (Å²) in [6.07, 6.45) is 1.66. The molecule has 0 aliphatic carbocycles. The van der Waals surface area contributed by atoms with Gasteiger partial charge in [0.05, 0.1) is 12.7 Å². The number of para-hydroxylation sites is 1. The molecule has 0 aliphatic rings. The predicted octanol–water partition coefficient (Wildman–Crippen LogP) is 0.859. The number of nitrogen functional groups attached to an aromatic ring is 1. The van der Waals surface area contributed by atoms with Gasteiger partial charge < -0.3 is 16.4 Å². The fourth-order valence-corrected chi connectivity index (χ4v) is 1.89. The van der Waals surface area contributed by atoms with Crippen LogP contribution in [0.2, 0.25) is 0 Å². The number of aryl methyl sites for hydroxylation is 1. The van der Waals surface area contributed by atoms with Crippen molar-refractivity contribution >= 4 is 17.4 Å². The Hall–Kier alpha value is -2.63. The lowest BCUT2D eigenvalue weighted by Crippen LogP contribution is -2.34. The Morgan fingerprint density at radius 3 is 2.75 bits per heavy atom. The normalized spacial score (nSPS) is 10.2. The topological polar surface area (TPSA) is 98.1 Å². The van der Waals surface area contributed by atoms with E-state index in [9.17, 15) is 4.79 Å². The third-order valence-electron chi connectivity index (χ3n) is 2.87. The maximum Gasteiger partial charge on any atom is 0.237 e. The highest BCUT2D eigenvalue weighted by atomic mass is 16.1. The Labute approximate surface area is 117 Å². The molecule has 1 aromatic heterocycles. The van der Waals surface area contributed by atoms with E-state index in [-0.39, 0.29) is 6.54 Å². The Morgan fingerprint density at radius 1 is 1.35 bits per heavy atom. The van der Waals surface area contributed by atoms with Crippen molar-refractivity contribution in [2.75, 3.05) is 17.2 Å². The van der Waals surface area contributed by atoms with Crippen LogP contribution < -0.4 is 16.4 Å². The van der Waals surface area contributed by atoms with Crippen molar-refractivity contribution < 1.29 is 4.79 Å². The molecule has 0 bridgehead atoms. The predicted molar refractivity (Wildman–Crippen MR) is 77.9 cm³/mol. The molecule has 0 fully saturated rings. The lowest BCUT2D eigenvalue weighted by atomic mass is 10.1. The highest BCUT2D eigenvalue weighted by molar-refractivity contribution is 5.79. The molecule has 0 atom stereocenters. The Balaban J connectivity index is 2.29. The number of aromatic nitrogens is 2. The van der Waals surface area contributed by atoms with E-state index in [0.717, 1.165) is 11.1 Å². The fourth-order valence-electron chi connectivity index (χ4n) is 1.89. The van der Waals surface area contributed by atoms with E-state index >= 15 is 0 Å².